The Morgan fingerprint density at radius 3 is 2.50 bits per heavy atom. The zero-order chi connectivity index (χ0) is 17.4. The van der Waals surface area contributed by atoms with Crippen LogP contribution in [-0.4, -0.2) is 35.6 Å². The molecule has 1 saturated heterocycles. The fraction of sp³-hybridized carbons (Fsp3) is 0.533. The molecule has 3 rings (SSSR count). The van der Waals surface area contributed by atoms with Crippen molar-refractivity contribution in [1.29, 1.82) is 0 Å². The van der Waals surface area contributed by atoms with Crippen molar-refractivity contribution in [3.63, 3.8) is 0 Å². The van der Waals surface area contributed by atoms with Gasteiger partial charge >= 0.3 is 13.8 Å². The van der Waals surface area contributed by atoms with Gasteiger partial charge in [0.25, 0.3) is 0 Å². The minimum absolute atomic E-state index is 0.0382. The molecule has 132 valence electrons. The van der Waals surface area contributed by atoms with E-state index >= 15 is 0 Å². The highest BCUT2D eigenvalue weighted by molar-refractivity contribution is 7.46. The number of carbonyl (C=O) groups is 1. The van der Waals surface area contributed by atoms with Crippen LogP contribution in [0.5, 0.6) is 0 Å². The molecule has 1 aromatic carbocycles. The number of anilines is 2. The van der Waals surface area contributed by atoms with E-state index in [1.54, 1.807) is 0 Å². The number of hydrogen-bond acceptors (Lipinski definition) is 6. The van der Waals surface area contributed by atoms with Crippen LogP contribution in [0.3, 0.4) is 0 Å². The number of rotatable bonds is 5. The fourth-order valence-electron chi connectivity index (χ4n) is 3.38. The van der Waals surface area contributed by atoms with Gasteiger partial charge in [-0.3, -0.25) is 4.79 Å². The van der Waals surface area contributed by atoms with Crippen LogP contribution in [0.1, 0.15) is 19.3 Å². The lowest BCUT2D eigenvalue weighted by Crippen LogP contribution is -2.35. The zero-order valence-electron chi connectivity index (χ0n) is 13.1. The molecule has 0 aromatic heterocycles. The van der Waals surface area contributed by atoms with Gasteiger partial charge in [0.1, 0.15) is 0 Å². The van der Waals surface area contributed by atoms with Crippen LogP contribution < -0.4 is 10.6 Å². The molecule has 1 aliphatic carbocycles. The third-order valence-corrected chi connectivity index (χ3v) is 5.36. The van der Waals surface area contributed by atoms with Crippen molar-refractivity contribution in [2.24, 2.45) is 11.3 Å². The maximum Gasteiger partial charge on any atom is 0.472 e. The monoisotopic (exact) mass is 356 g/mol. The molecule has 1 heterocycles. The van der Waals surface area contributed by atoms with Crippen LogP contribution in [0.25, 0.3) is 0 Å². The first-order valence-electron chi connectivity index (χ1n) is 7.76. The standard InChI is InChI=1S/C15H21N2O6P/c16-11-1-3-12(4-2-11)17-7-5-15(6-8-17)9-13(15)14(18)22-10-23-24(19,20)21/h1-4,13H,5-10,16H2,(H2,19,20,21). The van der Waals surface area contributed by atoms with Crippen molar-refractivity contribution in [2.75, 3.05) is 30.5 Å². The number of piperidine rings is 1. The SMILES string of the molecule is Nc1ccc(N2CCC3(CC2)CC3C(=O)OCOP(=O)(O)O)cc1. The molecule has 2 fully saturated rings. The molecule has 1 aliphatic heterocycles. The molecule has 1 atom stereocenters. The van der Waals surface area contributed by atoms with E-state index < -0.39 is 20.6 Å². The maximum absolute atomic E-state index is 12.0. The maximum atomic E-state index is 12.0. The molecule has 0 radical (unpaired) electrons. The summed E-state index contributed by atoms with van der Waals surface area (Å²) in [6.07, 6.45) is 2.53. The Kier molecular flexibility index (Phi) is 4.57. The predicted molar refractivity (Wildman–Crippen MR) is 86.9 cm³/mol. The molecule has 1 unspecified atom stereocenters. The normalized spacial score (nSPS) is 22.4. The summed E-state index contributed by atoms with van der Waals surface area (Å²) < 4.78 is 19.5. The Morgan fingerprint density at radius 2 is 1.92 bits per heavy atom. The highest BCUT2D eigenvalue weighted by Gasteiger charge is 2.59. The summed E-state index contributed by atoms with van der Waals surface area (Å²) in [5.74, 6) is -0.643. The first kappa shape index (κ1) is 17.2. The lowest BCUT2D eigenvalue weighted by atomic mass is 9.90. The largest absolute Gasteiger partial charge is 0.472 e. The number of ether oxygens (including phenoxy) is 1. The summed E-state index contributed by atoms with van der Waals surface area (Å²) in [4.78, 5) is 31.4. The highest BCUT2D eigenvalue weighted by atomic mass is 31.2. The second-order valence-corrected chi connectivity index (χ2v) is 7.64. The number of benzene rings is 1. The summed E-state index contributed by atoms with van der Waals surface area (Å²) in [5, 5.41) is 0. The quantitative estimate of drug-likeness (QED) is 0.314. The smallest absolute Gasteiger partial charge is 0.438 e. The second kappa shape index (κ2) is 6.37. The Bertz CT molecular complexity index is 650. The van der Waals surface area contributed by atoms with Crippen molar-refractivity contribution in [3.05, 3.63) is 24.3 Å². The van der Waals surface area contributed by atoms with E-state index in [9.17, 15) is 9.36 Å². The van der Waals surface area contributed by atoms with Gasteiger partial charge in [-0.2, -0.15) is 0 Å². The van der Waals surface area contributed by atoms with Gasteiger partial charge in [0.2, 0.25) is 6.79 Å². The predicted octanol–water partition coefficient (Wildman–Crippen LogP) is 1.49. The van der Waals surface area contributed by atoms with Gasteiger partial charge in [-0.15, -0.1) is 0 Å². The van der Waals surface area contributed by atoms with Gasteiger partial charge in [-0.25, -0.2) is 9.09 Å². The third-order valence-electron chi connectivity index (χ3n) is 4.91. The minimum Gasteiger partial charge on any atom is -0.438 e. The van der Waals surface area contributed by atoms with Crippen molar-refractivity contribution >= 4 is 25.2 Å². The van der Waals surface area contributed by atoms with E-state index in [4.69, 9.17) is 20.3 Å². The molecule has 0 amide bonds. The van der Waals surface area contributed by atoms with Crippen molar-refractivity contribution in [3.8, 4) is 0 Å². The Hall–Kier alpha value is -1.60. The average molecular weight is 356 g/mol. The Balaban J connectivity index is 1.48. The third kappa shape index (κ3) is 3.89. The van der Waals surface area contributed by atoms with Gasteiger partial charge in [-0.05, 0) is 48.9 Å². The number of nitrogens with two attached hydrogens (primary N) is 1. The number of hydrogen-bond donors (Lipinski definition) is 3. The summed E-state index contributed by atoms with van der Waals surface area (Å²) >= 11 is 0. The van der Waals surface area contributed by atoms with Gasteiger partial charge < -0.3 is 25.2 Å². The molecule has 1 spiro atoms. The van der Waals surface area contributed by atoms with Gasteiger partial charge in [0.05, 0.1) is 5.92 Å². The van der Waals surface area contributed by atoms with Crippen LogP contribution in [0.2, 0.25) is 0 Å². The topological polar surface area (TPSA) is 122 Å². The zero-order valence-corrected chi connectivity index (χ0v) is 14.0. The van der Waals surface area contributed by atoms with Gasteiger partial charge in [-0.1, -0.05) is 0 Å². The molecule has 8 nitrogen and oxygen atoms in total. The van der Waals surface area contributed by atoms with E-state index in [1.807, 2.05) is 24.3 Å². The van der Waals surface area contributed by atoms with Crippen LogP contribution >= 0.6 is 7.82 Å². The number of nitrogen functional groups attached to an aromatic ring is 1. The average Bonchev–Trinajstić information content (AvgIpc) is 3.21. The van der Waals surface area contributed by atoms with Crippen molar-refractivity contribution in [1.82, 2.24) is 0 Å². The number of carbonyl (C=O) groups excluding carboxylic acids is 1. The van der Waals surface area contributed by atoms with Gasteiger partial charge in [0.15, 0.2) is 0 Å². The molecule has 1 saturated carbocycles. The summed E-state index contributed by atoms with van der Waals surface area (Å²) in [7, 11) is -4.61. The lowest BCUT2D eigenvalue weighted by molar-refractivity contribution is -0.153. The molecule has 24 heavy (non-hydrogen) atoms. The van der Waals surface area contributed by atoms with E-state index in [0.29, 0.717) is 0 Å². The molecule has 9 heteroatoms. The fourth-order valence-corrected chi connectivity index (χ4v) is 3.57. The molecular weight excluding hydrogens is 335 g/mol. The molecular formula is C15H21N2O6P. The minimum atomic E-state index is -4.61. The van der Waals surface area contributed by atoms with E-state index in [1.165, 1.54) is 0 Å². The number of phosphoric ester groups is 1. The number of nitrogens with zero attached hydrogens (tertiary/aromatic N) is 1. The lowest BCUT2D eigenvalue weighted by Gasteiger charge is -2.34. The Labute approximate surface area is 139 Å². The Morgan fingerprint density at radius 1 is 1.29 bits per heavy atom. The van der Waals surface area contributed by atoms with Crippen molar-refractivity contribution < 1.29 is 28.4 Å². The summed E-state index contributed by atoms with van der Waals surface area (Å²) in [6, 6.07) is 7.73. The molecule has 1 aromatic rings. The van der Waals surface area contributed by atoms with Crippen LogP contribution in [-0.2, 0) is 18.6 Å². The van der Waals surface area contributed by atoms with Crippen LogP contribution in [0, 0.1) is 11.3 Å². The molecule has 4 N–H and O–H groups in total. The summed E-state index contributed by atoms with van der Waals surface area (Å²) in [6.45, 7) is 0.993. The second-order valence-electron chi connectivity index (χ2n) is 6.40. The first-order valence-corrected chi connectivity index (χ1v) is 9.29. The van der Waals surface area contributed by atoms with Gasteiger partial charge in [0, 0.05) is 24.5 Å². The van der Waals surface area contributed by atoms with Crippen LogP contribution in [0.4, 0.5) is 11.4 Å². The molecule has 0 bridgehead atoms. The van der Waals surface area contributed by atoms with E-state index in [2.05, 4.69) is 9.42 Å². The first-order chi connectivity index (χ1) is 11.3. The molecule has 2 aliphatic rings. The summed E-state index contributed by atoms with van der Waals surface area (Å²) in [5.41, 5.74) is 7.51. The van der Waals surface area contributed by atoms with Crippen molar-refractivity contribution in [2.45, 2.75) is 19.3 Å². The van der Waals surface area contributed by atoms with E-state index in [0.717, 1.165) is 43.7 Å². The van der Waals surface area contributed by atoms with E-state index in [-0.39, 0.29) is 11.3 Å². The highest BCUT2D eigenvalue weighted by Crippen LogP contribution is 2.60. The van der Waals surface area contributed by atoms with Crippen LogP contribution in [0.15, 0.2) is 24.3 Å². The number of esters is 1. The number of phosphoric acid groups is 1.